The zero-order valence-corrected chi connectivity index (χ0v) is 8.63. The zero-order chi connectivity index (χ0) is 9.85. The number of carbonyl (C=O) groups excluding carboxylic acids is 1. The van der Waals surface area contributed by atoms with Gasteiger partial charge >= 0.3 is 0 Å². The summed E-state index contributed by atoms with van der Waals surface area (Å²) >= 11 is 0. The standard InChI is InChI=1S/C11H18NO/c1-7-4-5-8-6-11(7,9(12)13)10(8,2)3/h4,7-8H,5-6H2,1-3H3,(H2,12,13)/t7-,8+,11+/m1/s1. The van der Waals surface area contributed by atoms with Crippen molar-refractivity contribution in [2.75, 3.05) is 0 Å². The van der Waals surface area contributed by atoms with Crippen LogP contribution in [0.1, 0.15) is 33.6 Å². The monoisotopic (exact) mass is 180 g/mol. The fourth-order valence-electron chi connectivity index (χ4n) is 3.50. The number of fused-ring (bicyclic) bond motifs is 2. The highest BCUT2D eigenvalue weighted by molar-refractivity contribution is 5.84. The fourth-order valence-corrected chi connectivity index (χ4v) is 3.50. The number of rotatable bonds is 1. The molecule has 3 atom stereocenters. The first-order valence-electron chi connectivity index (χ1n) is 5.06. The first kappa shape index (κ1) is 9.04. The van der Waals surface area contributed by atoms with Crippen LogP contribution in [0.2, 0.25) is 0 Å². The van der Waals surface area contributed by atoms with E-state index in [2.05, 4.69) is 27.2 Å². The molecule has 1 radical (unpaired) electrons. The summed E-state index contributed by atoms with van der Waals surface area (Å²) in [5.74, 6) is 0.929. The van der Waals surface area contributed by atoms with Crippen molar-refractivity contribution in [2.45, 2.75) is 33.6 Å². The summed E-state index contributed by atoms with van der Waals surface area (Å²) in [4.78, 5) is 11.5. The van der Waals surface area contributed by atoms with Crippen molar-refractivity contribution in [3.63, 3.8) is 0 Å². The van der Waals surface area contributed by atoms with Crippen LogP contribution in [0.15, 0.2) is 0 Å². The molecule has 2 N–H and O–H groups in total. The minimum Gasteiger partial charge on any atom is -0.369 e. The van der Waals surface area contributed by atoms with Crippen molar-refractivity contribution in [1.82, 2.24) is 0 Å². The van der Waals surface area contributed by atoms with Crippen LogP contribution >= 0.6 is 0 Å². The lowest BCUT2D eigenvalue weighted by atomic mass is 9.36. The summed E-state index contributed by atoms with van der Waals surface area (Å²) in [6.07, 6.45) is 4.43. The van der Waals surface area contributed by atoms with Crippen molar-refractivity contribution < 1.29 is 4.79 Å². The van der Waals surface area contributed by atoms with Crippen LogP contribution in [0, 0.1) is 29.1 Å². The molecule has 2 nitrogen and oxygen atoms in total. The van der Waals surface area contributed by atoms with Gasteiger partial charge in [0.25, 0.3) is 0 Å². The Labute approximate surface area is 79.9 Å². The molecule has 0 unspecified atom stereocenters. The molecule has 3 saturated carbocycles. The summed E-state index contributed by atoms with van der Waals surface area (Å²) in [6.45, 7) is 6.51. The van der Waals surface area contributed by atoms with Gasteiger partial charge in [-0.3, -0.25) is 4.79 Å². The molecule has 3 fully saturated rings. The highest BCUT2D eigenvalue weighted by atomic mass is 16.1. The summed E-state index contributed by atoms with van der Waals surface area (Å²) < 4.78 is 0. The Morgan fingerprint density at radius 3 is 2.46 bits per heavy atom. The van der Waals surface area contributed by atoms with E-state index in [0.29, 0.717) is 11.8 Å². The molecule has 0 aromatic rings. The third kappa shape index (κ3) is 0.773. The molecule has 0 heterocycles. The van der Waals surface area contributed by atoms with E-state index in [1.807, 2.05) is 0 Å². The summed E-state index contributed by atoms with van der Waals surface area (Å²) in [5, 5.41) is 0. The number of primary amides is 1. The maximum atomic E-state index is 11.5. The normalized spacial score (nSPS) is 46.7. The molecule has 0 aliphatic heterocycles. The minimum atomic E-state index is -0.240. The minimum absolute atomic E-state index is 0.0998. The highest BCUT2D eigenvalue weighted by Gasteiger charge is 2.67. The maximum absolute atomic E-state index is 11.5. The molecule has 2 heteroatoms. The zero-order valence-electron chi connectivity index (χ0n) is 8.63. The van der Waals surface area contributed by atoms with E-state index < -0.39 is 0 Å². The lowest BCUT2D eigenvalue weighted by molar-refractivity contribution is -0.186. The lowest BCUT2D eigenvalue weighted by Gasteiger charge is -2.66. The highest BCUT2D eigenvalue weighted by Crippen LogP contribution is 2.69. The molecule has 1 amide bonds. The van der Waals surface area contributed by atoms with Crippen LogP contribution in [-0.4, -0.2) is 5.91 Å². The van der Waals surface area contributed by atoms with Gasteiger partial charge in [0.05, 0.1) is 5.41 Å². The number of amides is 1. The summed E-state index contributed by atoms with van der Waals surface area (Å²) in [5.41, 5.74) is 5.42. The molecule has 0 aromatic heterocycles. The Balaban J connectivity index is 2.39. The van der Waals surface area contributed by atoms with E-state index in [0.717, 1.165) is 12.8 Å². The van der Waals surface area contributed by atoms with E-state index in [9.17, 15) is 4.79 Å². The van der Waals surface area contributed by atoms with Gasteiger partial charge in [-0.2, -0.15) is 0 Å². The number of hydrogen-bond acceptors (Lipinski definition) is 1. The first-order valence-corrected chi connectivity index (χ1v) is 5.06. The average molecular weight is 180 g/mol. The van der Waals surface area contributed by atoms with Gasteiger partial charge in [-0.1, -0.05) is 20.8 Å². The van der Waals surface area contributed by atoms with E-state index >= 15 is 0 Å². The molecule has 13 heavy (non-hydrogen) atoms. The first-order chi connectivity index (χ1) is 5.93. The van der Waals surface area contributed by atoms with E-state index in [4.69, 9.17) is 5.73 Å². The molecule has 0 spiro atoms. The van der Waals surface area contributed by atoms with Gasteiger partial charge in [0, 0.05) is 0 Å². The molecule has 73 valence electrons. The topological polar surface area (TPSA) is 43.1 Å². The van der Waals surface area contributed by atoms with Crippen molar-refractivity contribution in [1.29, 1.82) is 0 Å². The summed E-state index contributed by atoms with van der Waals surface area (Å²) in [6, 6.07) is 0. The molecule has 2 bridgehead atoms. The molecule has 0 aromatic carbocycles. The third-order valence-corrected chi connectivity index (χ3v) is 4.73. The average Bonchev–Trinajstić information content (AvgIpc) is 2.02. The number of nitrogens with two attached hydrogens (primary N) is 1. The van der Waals surface area contributed by atoms with Crippen LogP contribution in [0.5, 0.6) is 0 Å². The van der Waals surface area contributed by atoms with Crippen molar-refractivity contribution in [2.24, 2.45) is 28.4 Å². The van der Waals surface area contributed by atoms with Gasteiger partial charge in [-0.05, 0) is 36.5 Å². The second-order valence-corrected chi connectivity index (χ2v) is 5.22. The lowest BCUT2D eigenvalue weighted by Crippen LogP contribution is -2.67. The Kier molecular flexibility index (Phi) is 1.59. The predicted octanol–water partition coefficient (Wildman–Crippen LogP) is 1.75. The van der Waals surface area contributed by atoms with Gasteiger partial charge < -0.3 is 5.73 Å². The number of hydrogen-bond donors (Lipinski definition) is 1. The van der Waals surface area contributed by atoms with E-state index in [1.165, 1.54) is 0 Å². The van der Waals surface area contributed by atoms with Crippen LogP contribution in [0.3, 0.4) is 0 Å². The van der Waals surface area contributed by atoms with Crippen molar-refractivity contribution in [3.05, 3.63) is 6.42 Å². The quantitative estimate of drug-likeness (QED) is 0.656. The molecule has 3 aliphatic carbocycles. The Hall–Kier alpha value is -0.530. The van der Waals surface area contributed by atoms with Gasteiger partial charge in [0.1, 0.15) is 0 Å². The SMILES string of the molecule is C[C@@H]1[CH]C[C@H]2C[C@]1(C(N)=O)C2(C)C. The third-order valence-electron chi connectivity index (χ3n) is 4.73. The Morgan fingerprint density at radius 2 is 2.15 bits per heavy atom. The molecule has 3 rings (SSSR count). The molecular weight excluding hydrogens is 162 g/mol. The Bertz CT molecular complexity index is 259. The summed E-state index contributed by atoms with van der Waals surface area (Å²) in [7, 11) is 0. The van der Waals surface area contributed by atoms with Gasteiger partial charge in [0.15, 0.2) is 0 Å². The Morgan fingerprint density at radius 1 is 1.54 bits per heavy atom. The van der Waals surface area contributed by atoms with Crippen molar-refractivity contribution in [3.8, 4) is 0 Å². The fraction of sp³-hybridized carbons (Fsp3) is 0.818. The van der Waals surface area contributed by atoms with Crippen molar-refractivity contribution >= 4 is 5.91 Å². The molecular formula is C11H18NO. The van der Waals surface area contributed by atoms with Crippen LogP contribution in [-0.2, 0) is 4.79 Å². The van der Waals surface area contributed by atoms with Crippen LogP contribution in [0.4, 0.5) is 0 Å². The molecule has 3 aliphatic rings. The molecule has 0 saturated heterocycles. The van der Waals surface area contributed by atoms with Gasteiger partial charge in [0.2, 0.25) is 5.91 Å². The predicted molar refractivity (Wildman–Crippen MR) is 51.6 cm³/mol. The van der Waals surface area contributed by atoms with E-state index in [-0.39, 0.29) is 16.7 Å². The largest absolute Gasteiger partial charge is 0.369 e. The van der Waals surface area contributed by atoms with Gasteiger partial charge in [-0.25, -0.2) is 0 Å². The maximum Gasteiger partial charge on any atom is 0.224 e. The second-order valence-electron chi connectivity index (χ2n) is 5.22. The van der Waals surface area contributed by atoms with Gasteiger partial charge in [-0.15, -0.1) is 0 Å². The van der Waals surface area contributed by atoms with Crippen LogP contribution in [0.25, 0.3) is 0 Å². The smallest absolute Gasteiger partial charge is 0.224 e. The van der Waals surface area contributed by atoms with E-state index in [1.54, 1.807) is 0 Å². The second kappa shape index (κ2) is 2.28. The van der Waals surface area contributed by atoms with Crippen LogP contribution < -0.4 is 5.73 Å². The number of carbonyl (C=O) groups is 1.